The Morgan fingerprint density at radius 3 is 1.76 bits per heavy atom. The van der Waals surface area contributed by atoms with Crippen LogP contribution < -0.4 is 5.30 Å². The predicted octanol–water partition coefficient (Wildman–Crippen LogP) is 4.37. The standard InChI is InChI=1S/C18H29N2P/c1-14(2)19-17-12-8-9-13-18(17)20(15(3)4)21(19)16-10-6-5-7-11-16/h5-7,10-11,14-15,17-18H,8-9,12-13H2,1-4H3/t17-,18-/m1/s1. The van der Waals surface area contributed by atoms with E-state index >= 15 is 0 Å². The van der Waals surface area contributed by atoms with Gasteiger partial charge < -0.3 is 0 Å². The molecule has 116 valence electrons. The monoisotopic (exact) mass is 304 g/mol. The maximum absolute atomic E-state index is 2.86. The van der Waals surface area contributed by atoms with Crippen LogP contribution in [0.2, 0.25) is 0 Å². The van der Waals surface area contributed by atoms with Gasteiger partial charge >= 0.3 is 0 Å². The van der Waals surface area contributed by atoms with E-state index < -0.39 is 0 Å². The van der Waals surface area contributed by atoms with Crippen molar-refractivity contribution in [3.63, 3.8) is 0 Å². The van der Waals surface area contributed by atoms with Crippen molar-refractivity contribution in [1.29, 1.82) is 0 Å². The van der Waals surface area contributed by atoms with Crippen molar-refractivity contribution in [3.05, 3.63) is 30.3 Å². The van der Waals surface area contributed by atoms with Crippen molar-refractivity contribution in [1.82, 2.24) is 9.34 Å². The molecule has 1 heterocycles. The zero-order valence-electron chi connectivity index (χ0n) is 13.9. The first kappa shape index (κ1) is 15.5. The van der Waals surface area contributed by atoms with Gasteiger partial charge in [0.2, 0.25) is 0 Å². The molecule has 21 heavy (non-hydrogen) atoms. The zero-order valence-corrected chi connectivity index (χ0v) is 14.8. The van der Waals surface area contributed by atoms with E-state index in [0.29, 0.717) is 12.1 Å². The first-order valence-corrected chi connectivity index (χ1v) is 9.77. The highest BCUT2D eigenvalue weighted by Crippen LogP contribution is 2.58. The third-order valence-electron chi connectivity index (χ3n) is 4.86. The largest absolute Gasteiger partial charge is 0.259 e. The van der Waals surface area contributed by atoms with Crippen molar-refractivity contribution >= 4 is 13.5 Å². The van der Waals surface area contributed by atoms with E-state index in [2.05, 4.69) is 67.4 Å². The Balaban J connectivity index is 2.03. The van der Waals surface area contributed by atoms with E-state index in [0.717, 1.165) is 12.1 Å². The summed E-state index contributed by atoms with van der Waals surface area (Å²) in [5.74, 6) is 0. The van der Waals surface area contributed by atoms with Crippen LogP contribution >= 0.6 is 8.22 Å². The summed E-state index contributed by atoms with van der Waals surface area (Å²) in [4.78, 5) is 0. The van der Waals surface area contributed by atoms with Gasteiger partial charge in [0.25, 0.3) is 0 Å². The molecule has 1 saturated carbocycles. The van der Waals surface area contributed by atoms with Gasteiger partial charge in [-0.3, -0.25) is 9.34 Å². The molecule has 0 radical (unpaired) electrons. The summed E-state index contributed by atoms with van der Waals surface area (Å²) in [6.45, 7) is 9.53. The van der Waals surface area contributed by atoms with Crippen molar-refractivity contribution in [2.24, 2.45) is 0 Å². The van der Waals surface area contributed by atoms with E-state index in [1.807, 2.05) is 0 Å². The molecule has 1 aromatic rings. The lowest BCUT2D eigenvalue weighted by Gasteiger charge is -2.36. The molecule has 3 heteroatoms. The van der Waals surface area contributed by atoms with Gasteiger partial charge in [0.1, 0.15) is 0 Å². The van der Waals surface area contributed by atoms with E-state index in [1.54, 1.807) is 0 Å². The fourth-order valence-corrected chi connectivity index (χ4v) is 7.33. The van der Waals surface area contributed by atoms with Crippen LogP contribution in [0, 0.1) is 0 Å². The average molecular weight is 304 g/mol. The van der Waals surface area contributed by atoms with Crippen molar-refractivity contribution < 1.29 is 0 Å². The molecule has 1 aliphatic carbocycles. The Labute approximate surface area is 131 Å². The fourth-order valence-electron chi connectivity index (χ4n) is 4.14. The molecule has 1 aromatic carbocycles. The second-order valence-electron chi connectivity index (χ2n) is 6.99. The molecule has 0 bridgehead atoms. The maximum atomic E-state index is 2.86. The Hall–Kier alpha value is -0.430. The number of hydrogen-bond donors (Lipinski definition) is 0. The summed E-state index contributed by atoms with van der Waals surface area (Å²) < 4.78 is 5.71. The second-order valence-corrected chi connectivity index (χ2v) is 9.01. The lowest BCUT2D eigenvalue weighted by atomic mass is 9.89. The minimum absolute atomic E-state index is 0.330. The quantitative estimate of drug-likeness (QED) is 0.765. The molecule has 3 rings (SSSR count). The van der Waals surface area contributed by atoms with Gasteiger partial charge in [-0.05, 0) is 40.5 Å². The highest BCUT2D eigenvalue weighted by molar-refractivity contribution is 7.61. The van der Waals surface area contributed by atoms with Crippen molar-refractivity contribution in [3.8, 4) is 0 Å². The van der Waals surface area contributed by atoms with Crippen LogP contribution in [0.15, 0.2) is 30.3 Å². The van der Waals surface area contributed by atoms with E-state index in [9.17, 15) is 0 Å². The smallest absolute Gasteiger partial charge is 0.0735 e. The topological polar surface area (TPSA) is 6.48 Å². The van der Waals surface area contributed by atoms with Crippen LogP contribution in [0.4, 0.5) is 0 Å². The normalized spacial score (nSPS) is 28.5. The van der Waals surface area contributed by atoms with Crippen LogP contribution in [0.3, 0.4) is 0 Å². The van der Waals surface area contributed by atoms with Gasteiger partial charge in [0.15, 0.2) is 0 Å². The summed E-state index contributed by atoms with van der Waals surface area (Å²) in [7, 11) is -0.330. The number of fused-ring (bicyclic) bond motifs is 1. The number of benzene rings is 1. The molecule has 0 aromatic heterocycles. The molecular weight excluding hydrogens is 275 g/mol. The molecule has 1 aliphatic heterocycles. The lowest BCUT2D eigenvalue weighted by molar-refractivity contribution is 0.173. The van der Waals surface area contributed by atoms with Gasteiger partial charge in [-0.1, -0.05) is 43.2 Å². The summed E-state index contributed by atoms with van der Waals surface area (Å²) >= 11 is 0. The van der Waals surface area contributed by atoms with Crippen LogP contribution in [0.1, 0.15) is 53.4 Å². The zero-order chi connectivity index (χ0) is 15.0. The molecule has 2 aliphatic rings. The average Bonchev–Trinajstić information content (AvgIpc) is 2.83. The third-order valence-corrected chi connectivity index (χ3v) is 8.01. The minimum Gasteiger partial charge on any atom is -0.259 e. The van der Waals surface area contributed by atoms with Crippen molar-refractivity contribution in [2.75, 3.05) is 0 Å². The van der Waals surface area contributed by atoms with Crippen LogP contribution in [0.25, 0.3) is 0 Å². The fraction of sp³-hybridized carbons (Fsp3) is 0.667. The summed E-state index contributed by atoms with van der Waals surface area (Å²) in [5, 5.41) is 1.53. The Morgan fingerprint density at radius 1 is 0.857 bits per heavy atom. The third kappa shape index (κ3) is 2.79. The molecule has 0 unspecified atom stereocenters. The molecule has 2 nitrogen and oxygen atoms in total. The van der Waals surface area contributed by atoms with Crippen molar-refractivity contribution in [2.45, 2.75) is 77.5 Å². The lowest BCUT2D eigenvalue weighted by Crippen LogP contribution is -2.43. The first-order valence-electron chi connectivity index (χ1n) is 8.53. The summed E-state index contributed by atoms with van der Waals surface area (Å²) in [6, 6.07) is 14.0. The number of hydrogen-bond acceptors (Lipinski definition) is 2. The summed E-state index contributed by atoms with van der Waals surface area (Å²) in [5.41, 5.74) is 0. The van der Waals surface area contributed by atoms with Gasteiger partial charge in [0.05, 0.1) is 8.22 Å². The molecule has 2 atom stereocenters. The SMILES string of the molecule is CC(C)N1[C@@H]2CCCC[C@H]2N(C(C)C)P1c1ccccc1. The Morgan fingerprint density at radius 2 is 1.33 bits per heavy atom. The minimum atomic E-state index is -0.330. The van der Waals surface area contributed by atoms with Gasteiger partial charge in [-0.25, -0.2) is 0 Å². The van der Waals surface area contributed by atoms with Gasteiger partial charge in [0, 0.05) is 29.5 Å². The van der Waals surface area contributed by atoms with Crippen LogP contribution in [-0.4, -0.2) is 33.5 Å². The molecule has 0 spiro atoms. The van der Waals surface area contributed by atoms with Crippen LogP contribution in [0.5, 0.6) is 0 Å². The van der Waals surface area contributed by atoms with E-state index in [-0.39, 0.29) is 8.22 Å². The van der Waals surface area contributed by atoms with Gasteiger partial charge in [-0.2, -0.15) is 0 Å². The second kappa shape index (κ2) is 6.36. The predicted molar refractivity (Wildman–Crippen MR) is 93.0 cm³/mol. The molecular formula is C18H29N2P. The van der Waals surface area contributed by atoms with E-state index in [1.165, 1.54) is 31.0 Å². The highest BCUT2D eigenvalue weighted by atomic mass is 31.1. The van der Waals surface area contributed by atoms with E-state index in [4.69, 9.17) is 0 Å². The highest BCUT2D eigenvalue weighted by Gasteiger charge is 2.50. The number of rotatable bonds is 3. The molecule has 2 fully saturated rings. The molecule has 0 N–H and O–H groups in total. The number of nitrogens with zero attached hydrogens (tertiary/aromatic N) is 2. The molecule has 1 saturated heterocycles. The molecule has 0 amide bonds. The first-order chi connectivity index (χ1) is 10.1. The Kier molecular flexibility index (Phi) is 4.69. The maximum Gasteiger partial charge on any atom is 0.0735 e. The Bertz CT molecular complexity index is 436. The summed E-state index contributed by atoms with van der Waals surface area (Å²) in [6.07, 6.45) is 5.60. The van der Waals surface area contributed by atoms with Gasteiger partial charge in [-0.15, -0.1) is 0 Å². The van der Waals surface area contributed by atoms with Crippen LogP contribution in [-0.2, 0) is 0 Å².